The van der Waals surface area contributed by atoms with Crippen LogP contribution in [0.3, 0.4) is 0 Å². The number of hydrogen-bond acceptors (Lipinski definition) is 3. The third-order valence-electron chi connectivity index (χ3n) is 1.84. The fraction of sp³-hybridized carbons (Fsp3) is 0.250. The standard InChI is InChI=1S/C8H5BF6O3/c10-7(11,12)5-2-1-4(18-9(16)17)3-6(5)8(13,14)15/h1-3,16-17H. The molecule has 0 radical (unpaired) electrons. The molecule has 0 amide bonds. The van der Waals surface area contributed by atoms with Crippen LogP contribution in [-0.2, 0) is 12.4 Å². The lowest BCUT2D eigenvalue weighted by atomic mass is 10.1. The van der Waals surface area contributed by atoms with E-state index in [2.05, 4.69) is 4.65 Å². The third kappa shape index (κ3) is 3.54. The average molecular weight is 274 g/mol. The van der Waals surface area contributed by atoms with Gasteiger partial charge in [0.25, 0.3) is 0 Å². The van der Waals surface area contributed by atoms with E-state index in [1.54, 1.807) is 0 Å². The fourth-order valence-corrected chi connectivity index (χ4v) is 1.20. The summed E-state index contributed by atoms with van der Waals surface area (Å²) in [6, 6.07) is 0.750. The number of alkyl halides is 6. The van der Waals surface area contributed by atoms with Gasteiger partial charge in [0.15, 0.2) is 0 Å². The summed E-state index contributed by atoms with van der Waals surface area (Å²) in [5.74, 6) is -0.745. The molecule has 1 aromatic rings. The van der Waals surface area contributed by atoms with Gasteiger partial charge >= 0.3 is 19.7 Å². The molecular weight excluding hydrogens is 269 g/mol. The molecule has 18 heavy (non-hydrogen) atoms. The second kappa shape index (κ2) is 4.69. The molecular formula is C8H5BF6O3. The minimum Gasteiger partial charge on any atom is -0.512 e. The first-order valence-electron chi connectivity index (χ1n) is 4.33. The highest BCUT2D eigenvalue weighted by Crippen LogP contribution is 2.41. The van der Waals surface area contributed by atoms with Crippen LogP contribution >= 0.6 is 0 Å². The molecule has 0 bridgehead atoms. The monoisotopic (exact) mass is 274 g/mol. The van der Waals surface area contributed by atoms with Crippen molar-refractivity contribution in [2.45, 2.75) is 12.4 Å². The Bertz CT molecular complexity index is 428. The van der Waals surface area contributed by atoms with E-state index in [0.29, 0.717) is 6.07 Å². The van der Waals surface area contributed by atoms with Gasteiger partial charge in [0.05, 0.1) is 11.1 Å². The van der Waals surface area contributed by atoms with Crippen LogP contribution in [0.5, 0.6) is 5.75 Å². The predicted molar refractivity (Wildman–Crippen MR) is 47.3 cm³/mol. The first-order valence-corrected chi connectivity index (χ1v) is 4.33. The molecule has 100 valence electrons. The van der Waals surface area contributed by atoms with E-state index in [4.69, 9.17) is 10.0 Å². The van der Waals surface area contributed by atoms with Crippen molar-refractivity contribution in [2.24, 2.45) is 0 Å². The zero-order valence-electron chi connectivity index (χ0n) is 8.38. The van der Waals surface area contributed by atoms with Crippen LogP contribution in [0.1, 0.15) is 11.1 Å². The van der Waals surface area contributed by atoms with Crippen LogP contribution in [-0.4, -0.2) is 17.4 Å². The van der Waals surface area contributed by atoms with Crippen molar-refractivity contribution in [1.82, 2.24) is 0 Å². The summed E-state index contributed by atoms with van der Waals surface area (Å²) in [5.41, 5.74) is -3.84. The smallest absolute Gasteiger partial charge is 0.512 e. The van der Waals surface area contributed by atoms with Crippen LogP contribution in [0, 0.1) is 0 Å². The Morgan fingerprint density at radius 1 is 0.889 bits per heavy atom. The zero-order chi connectivity index (χ0) is 14.1. The summed E-state index contributed by atoms with van der Waals surface area (Å²) >= 11 is 0. The van der Waals surface area contributed by atoms with Gasteiger partial charge in [0, 0.05) is 0 Å². The number of hydrogen-bond donors (Lipinski definition) is 2. The molecule has 0 aliphatic carbocycles. The summed E-state index contributed by atoms with van der Waals surface area (Å²) in [5, 5.41) is 16.7. The molecule has 0 heterocycles. The lowest BCUT2D eigenvalue weighted by Gasteiger charge is -2.16. The summed E-state index contributed by atoms with van der Waals surface area (Å²) in [6.45, 7) is 0. The Hall–Kier alpha value is -1.42. The van der Waals surface area contributed by atoms with Crippen LogP contribution in [0.15, 0.2) is 18.2 Å². The molecule has 0 saturated carbocycles. The largest absolute Gasteiger partial charge is 0.707 e. The molecule has 0 unspecified atom stereocenters. The molecule has 0 aromatic heterocycles. The van der Waals surface area contributed by atoms with E-state index in [9.17, 15) is 26.3 Å². The Morgan fingerprint density at radius 2 is 1.39 bits per heavy atom. The van der Waals surface area contributed by atoms with Gasteiger partial charge in [-0.1, -0.05) is 0 Å². The van der Waals surface area contributed by atoms with Crippen molar-refractivity contribution in [3.63, 3.8) is 0 Å². The Morgan fingerprint density at radius 3 is 1.78 bits per heavy atom. The van der Waals surface area contributed by atoms with Crippen LogP contribution in [0.25, 0.3) is 0 Å². The number of rotatable bonds is 2. The molecule has 0 atom stereocenters. The summed E-state index contributed by atoms with van der Waals surface area (Å²) in [6.07, 6.45) is -10.4. The van der Waals surface area contributed by atoms with Crippen molar-refractivity contribution in [2.75, 3.05) is 0 Å². The van der Waals surface area contributed by atoms with Gasteiger partial charge in [-0.05, 0) is 18.2 Å². The van der Waals surface area contributed by atoms with Gasteiger partial charge < -0.3 is 14.7 Å². The molecule has 0 spiro atoms. The van der Waals surface area contributed by atoms with Crippen molar-refractivity contribution in [3.05, 3.63) is 29.3 Å². The molecule has 2 N–H and O–H groups in total. The molecule has 1 rings (SSSR count). The lowest BCUT2D eigenvalue weighted by molar-refractivity contribution is -0.162. The van der Waals surface area contributed by atoms with E-state index >= 15 is 0 Å². The van der Waals surface area contributed by atoms with E-state index in [-0.39, 0.29) is 12.1 Å². The topological polar surface area (TPSA) is 49.7 Å². The predicted octanol–water partition coefficient (Wildman–Crippen LogP) is 2.07. The van der Waals surface area contributed by atoms with Gasteiger partial charge in [-0.3, -0.25) is 0 Å². The molecule has 0 fully saturated rings. The third-order valence-corrected chi connectivity index (χ3v) is 1.84. The van der Waals surface area contributed by atoms with Gasteiger partial charge in [0.2, 0.25) is 0 Å². The zero-order valence-corrected chi connectivity index (χ0v) is 8.38. The number of halogens is 6. The molecule has 10 heteroatoms. The molecule has 3 nitrogen and oxygen atoms in total. The van der Waals surface area contributed by atoms with Crippen molar-refractivity contribution in [3.8, 4) is 5.75 Å². The number of benzene rings is 1. The minimum absolute atomic E-state index is 0.0439. The highest BCUT2D eigenvalue weighted by atomic mass is 19.4. The second-order valence-corrected chi connectivity index (χ2v) is 3.15. The maximum absolute atomic E-state index is 12.4. The normalized spacial score (nSPS) is 12.4. The quantitative estimate of drug-likeness (QED) is 0.641. The Balaban J connectivity index is 3.31. The highest BCUT2D eigenvalue weighted by molar-refractivity contribution is 6.33. The molecule has 0 aliphatic rings. The van der Waals surface area contributed by atoms with Crippen LogP contribution < -0.4 is 4.65 Å². The fourth-order valence-electron chi connectivity index (χ4n) is 1.20. The summed E-state index contributed by atoms with van der Waals surface area (Å²) in [4.78, 5) is 0. The van der Waals surface area contributed by atoms with Gasteiger partial charge in [0.1, 0.15) is 5.75 Å². The maximum Gasteiger partial charge on any atom is 0.707 e. The van der Waals surface area contributed by atoms with Gasteiger partial charge in [-0.25, -0.2) is 0 Å². The average Bonchev–Trinajstić information content (AvgIpc) is 2.13. The highest BCUT2D eigenvalue weighted by Gasteiger charge is 2.43. The molecule has 0 saturated heterocycles. The van der Waals surface area contributed by atoms with Crippen molar-refractivity contribution < 1.29 is 41.0 Å². The lowest BCUT2D eigenvalue weighted by Crippen LogP contribution is -2.22. The first kappa shape index (κ1) is 14.6. The van der Waals surface area contributed by atoms with Crippen LogP contribution in [0.4, 0.5) is 26.3 Å². The first-order chi connectivity index (χ1) is 8.01. The molecule has 0 aliphatic heterocycles. The van der Waals surface area contributed by atoms with E-state index in [1.807, 2.05) is 0 Å². The minimum atomic E-state index is -5.25. The van der Waals surface area contributed by atoms with Crippen LogP contribution in [0.2, 0.25) is 0 Å². The molecule has 1 aromatic carbocycles. The van der Waals surface area contributed by atoms with E-state index < -0.39 is 36.6 Å². The SMILES string of the molecule is OB(O)Oc1ccc(C(F)(F)F)c(C(F)(F)F)c1. The summed E-state index contributed by atoms with van der Waals surface area (Å²) < 4.78 is 78.3. The van der Waals surface area contributed by atoms with Crippen molar-refractivity contribution >= 4 is 7.32 Å². The summed E-state index contributed by atoms with van der Waals surface area (Å²) in [7, 11) is -2.43. The van der Waals surface area contributed by atoms with Gasteiger partial charge in [-0.15, -0.1) is 0 Å². The van der Waals surface area contributed by atoms with E-state index in [0.717, 1.165) is 0 Å². The maximum atomic E-state index is 12.4. The van der Waals surface area contributed by atoms with Crippen molar-refractivity contribution in [1.29, 1.82) is 0 Å². The Kier molecular flexibility index (Phi) is 3.82. The Labute approximate surface area is 96.8 Å². The second-order valence-electron chi connectivity index (χ2n) is 3.15. The van der Waals surface area contributed by atoms with Gasteiger partial charge in [-0.2, -0.15) is 26.3 Å². The van der Waals surface area contributed by atoms with E-state index in [1.165, 1.54) is 0 Å².